The van der Waals surface area contributed by atoms with Crippen LogP contribution in [0, 0.1) is 23.7 Å². The van der Waals surface area contributed by atoms with Gasteiger partial charge in [-0.2, -0.15) is 0 Å². The monoisotopic (exact) mass is 518 g/mol. The molecule has 4 N–H and O–H groups in total. The maximum absolute atomic E-state index is 12.9. The molecule has 0 spiro atoms. The van der Waals surface area contributed by atoms with Crippen molar-refractivity contribution >= 4 is 11.9 Å². The summed E-state index contributed by atoms with van der Waals surface area (Å²) >= 11 is 0. The number of rotatable bonds is 10. The van der Waals surface area contributed by atoms with Crippen LogP contribution in [0.3, 0.4) is 0 Å². The molecule has 37 heavy (non-hydrogen) atoms. The first-order chi connectivity index (χ1) is 17.5. The van der Waals surface area contributed by atoms with Crippen molar-refractivity contribution in [2.24, 2.45) is 35.1 Å². The summed E-state index contributed by atoms with van der Waals surface area (Å²) in [6, 6.07) is 0. The summed E-state index contributed by atoms with van der Waals surface area (Å²) in [6.07, 6.45) is 14.8. The largest absolute Gasteiger partial charge is 0.460 e. The van der Waals surface area contributed by atoms with Crippen LogP contribution in [0.4, 0.5) is 0 Å². The zero-order chi connectivity index (χ0) is 27.5. The summed E-state index contributed by atoms with van der Waals surface area (Å²) in [5.74, 6) is 0.320. The standard InChI is InChI=1S/C30H50N2O5/c1-7-10-21(4)28-25(36-28)17-20(3)12-9-14-23(6)27-22(5)13-8-11-19(2)15-16-24(18-26(33)37-27)35-30(34)29(31)32/h8-9,12-14,19-22,24-25,27-29H,7,10-11,15-18,31-32H2,1-6H3/b12-9+,13-8+,23-14+/t19-,20-,21-,22+,24?,25?,27+,28?/m1/s1. The van der Waals surface area contributed by atoms with Crippen LogP contribution in [0.5, 0.6) is 0 Å². The number of hydrogen-bond acceptors (Lipinski definition) is 7. The Balaban J connectivity index is 2.04. The molecule has 0 aromatic rings. The number of esters is 2. The number of carbonyl (C=O) groups excluding carboxylic acids is 2. The number of allylic oxidation sites excluding steroid dienone is 4. The zero-order valence-corrected chi connectivity index (χ0v) is 23.7. The van der Waals surface area contributed by atoms with E-state index in [-0.39, 0.29) is 12.3 Å². The highest BCUT2D eigenvalue weighted by molar-refractivity contribution is 5.76. The Kier molecular flexibility index (Phi) is 13.1. The Morgan fingerprint density at radius 2 is 1.97 bits per heavy atom. The Morgan fingerprint density at radius 1 is 1.24 bits per heavy atom. The lowest BCUT2D eigenvalue weighted by Crippen LogP contribution is -2.42. The van der Waals surface area contributed by atoms with Gasteiger partial charge in [0.2, 0.25) is 0 Å². The highest BCUT2D eigenvalue weighted by Gasteiger charge is 2.42. The maximum Gasteiger partial charge on any atom is 0.337 e. The third kappa shape index (κ3) is 11.1. The van der Waals surface area contributed by atoms with E-state index in [1.54, 1.807) is 0 Å². The molecule has 7 heteroatoms. The zero-order valence-electron chi connectivity index (χ0n) is 23.7. The summed E-state index contributed by atoms with van der Waals surface area (Å²) < 4.78 is 17.3. The molecule has 210 valence electrons. The summed E-state index contributed by atoms with van der Waals surface area (Å²) in [4.78, 5) is 24.8. The van der Waals surface area contributed by atoms with E-state index in [2.05, 4.69) is 58.9 Å². The minimum absolute atomic E-state index is 0.0109. The minimum atomic E-state index is -1.22. The molecule has 0 bridgehead atoms. The summed E-state index contributed by atoms with van der Waals surface area (Å²) in [7, 11) is 0. The fourth-order valence-corrected chi connectivity index (χ4v) is 5.05. The van der Waals surface area contributed by atoms with Crippen molar-refractivity contribution < 1.29 is 23.8 Å². The van der Waals surface area contributed by atoms with Gasteiger partial charge in [0.15, 0.2) is 6.17 Å². The van der Waals surface area contributed by atoms with Crippen molar-refractivity contribution in [2.45, 2.75) is 117 Å². The van der Waals surface area contributed by atoms with Crippen LogP contribution in [0.15, 0.2) is 36.0 Å². The molecule has 0 amide bonds. The molecule has 2 heterocycles. The van der Waals surface area contributed by atoms with Gasteiger partial charge in [-0.3, -0.25) is 4.79 Å². The lowest BCUT2D eigenvalue weighted by atomic mass is 9.93. The average Bonchev–Trinajstić information content (AvgIpc) is 3.59. The van der Waals surface area contributed by atoms with Crippen LogP contribution in [-0.4, -0.2) is 42.5 Å². The molecule has 0 radical (unpaired) electrons. The van der Waals surface area contributed by atoms with Gasteiger partial charge in [-0.05, 0) is 62.4 Å². The molecule has 3 unspecified atom stereocenters. The van der Waals surface area contributed by atoms with Gasteiger partial charge in [-0.1, -0.05) is 71.4 Å². The molecule has 2 aliphatic rings. The molecule has 2 rings (SSSR count). The van der Waals surface area contributed by atoms with Gasteiger partial charge < -0.3 is 25.7 Å². The van der Waals surface area contributed by atoms with Crippen molar-refractivity contribution in [3.8, 4) is 0 Å². The fourth-order valence-electron chi connectivity index (χ4n) is 5.05. The number of carbonyl (C=O) groups is 2. The molecule has 8 atom stereocenters. The van der Waals surface area contributed by atoms with Crippen molar-refractivity contribution in [1.29, 1.82) is 0 Å². The van der Waals surface area contributed by atoms with Gasteiger partial charge in [0, 0.05) is 5.92 Å². The summed E-state index contributed by atoms with van der Waals surface area (Å²) in [5.41, 5.74) is 11.9. The second kappa shape index (κ2) is 15.5. The predicted octanol–water partition coefficient (Wildman–Crippen LogP) is 5.19. The van der Waals surface area contributed by atoms with Gasteiger partial charge >= 0.3 is 11.9 Å². The SMILES string of the molecule is CCC[C@@H](C)C1OC1C[C@H](C)/C=C/C=C(\C)[C@H]1OC(=O)CC(OC(=O)C(N)N)CC[C@H](C)C/C=C/[C@@H]1C. The quantitative estimate of drug-likeness (QED) is 0.134. The molecule has 1 fully saturated rings. The number of cyclic esters (lactones) is 1. The molecular weight excluding hydrogens is 468 g/mol. The number of hydrogen-bond donors (Lipinski definition) is 2. The van der Waals surface area contributed by atoms with Gasteiger partial charge in [-0.15, -0.1) is 0 Å². The molecule has 7 nitrogen and oxygen atoms in total. The number of nitrogens with two attached hydrogens (primary N) is 2. The summed E-state index contributed by atoms with van der Waals surface area (Å²) in [5, 5.41) is 0. The molecule has 0 saturated carbocycles. The minimum Gasteiger partial charge on any atom is -0.460 e. The van der Waals surface area contributed by atoms with E-state index in [0.29, 0.717) is 36.4 Å². The lowest BCUT2D eigenvalue weighted by molar-refractivity contribution is -0.159. The van der Waals surface area contributed by atoms with Crippen molar-refractivity contribution in [2.75, 3.05) is 0 Å². The van der Waals surface area contributed by atoms with Crippen molar-refractivity contribution in [3.05, 3.63) is 36.0 Å². The Hall–Kier alpha value is -1.96. The molecular formula is C30H50N2O5. The third-order valence-electron chi connectivity index (χ3n) is 7.42. The van der Waals surface area contributed by atoms with Crippen LogP contribution in [0.1, 0.15) is 86.5 Å². The van der Waals surface area contributed by atoms with E-state index >= 15 is 0 Å². The van der Waals surface area contributed by atoms with Crippen LogP contribution in [0.25, 0.3) is 0 Å². The normalized spacial score (nSPS) is 32.2. The first kappa shape index (κ1) is 31.3. The topological polar surface area (TPSA) is 117 Å². The van der Waals surface area contributed by atoms with E-state index in [9.17, 15) is 9.59 Å². The highest BCUT2D eigenvalue weighted by Crippen LogP contribution is 2.36. The van der Waals surface area contributed by atoms with E-state index < -0.39 is 30.3 Å². The Bertz CT molecular complexity index is 821. The van der Waals surface area contributed by atoms with E-state index in [4.69, 9.17) is 25.7 Å². The first-order valence-corrected chi connectivity index (χ1v) is 14.1. The molecule has 0 aromatic carbocycles. The molecule has 0 aromatic heterocycles. The number of epoxide rings is 1. The maximum atomic E-state index is 12.9. The first-order valence-electron chi connectivity index (χ1n) is 14.1. The predicted molar refractivity (Wildman–Crippen MR) is 147 cm³/mol. The second-order valence-corrected chi connectivity index (χ2v) is 11.3. The molecule has 0 aliphatic carbocycles. The van der Waals surface area contributed by atoms with E-state index in [0.717, 1.165) is 24.8 Å². The van der Waals surface area contributed by atoms with Gasteiger partial charge in [0.1, 0.15) is 12.2 Å². The average molecular weight is 519 g/mol. The molecule has 1 saturated heterocycles. The Morgan fingerprint density at radius 3 is 2.65 bits per heavy atom. The van der Waals surface area contributed by atoms with Crippen molar-refractivity contribution in [3.63, 3.8) is 0 Å². The van der Waals surface area contributed by atoms with Gasteiger partial charge in [0.25, 0.3) is 0 Å². The molecule has 2 aliphatic heterocycles. The fraction of sp³-hybridized carbons (Fsp3) is 0.733. The third-order valence-corrected chi connectivity index (χ3v) is 7.42. The van der Waals surface area contributed by atoms with E-state index in [1.165, 1.54) is 12.8 Å². The van der Waals surface area contributed by atoms with Crippen molar-refractivity contribution in [1.82, 2.24) is 0 Å². The summed E-state index contributed by atoms with van der Waals surface area (Å²) in [6.45, 7) is 12.9. The van der Waals surface area contributed by atoms with E-state index in [1.807, 2.05) is 13.0 Å². The van der Waals surface area contributed by atoms with Gasteiger partial charge in [-0.25, -0.2) is 4.79 Å². The Labute approximate surface area is 224 Å². The second-order valence-electron chi connectivity index (χ2n) is 11.3. The lowest BCUT2D eigenvalue weighted by Gasteiger charge is -2.26. The highest BCUT2D eigenvalue weighted by atomic mass is 16.6. The van der Waals surface area contributed by atoms with Crippen LogP contribution in [-0.2, 0) is 23.8 Å². The number of ether oxygens (including phenoxy) is 3. The van der Waals surface area contributed by atoms with Gasteiger partial charge in [0.05, 0.1) is 18.6 Å². The van der Waals surface area contributed by atoms with Crippen LogP contribution in [0.2, 0.25) is 0 Å². The smallest absolute Gasteiger partial charge is 0.337 e. The van der Waals surface area contributed by atoms with Crippen LogP contribution < -0.4 is 11.5 Å². The van der Waals surface area contributed by atoms with Crippen LogP contribution >= 0.6 is 0 Å².